The number of anilines is 1. The molecule has 8 rings (SSSR count). The predicted octanol–water partition coefficient (Wildman–Crippen LogP) is 6.32. The summed E-state index contributed by atoms with van der Waals surface area (Å²) in [6.45, 7) is 1.56. The molecular formula is C33H24Cl2N2O4. The molecule has 1 fully saturated rings. The lowest BCUT2D eigenvalue weighted by atomic mass is 9.54. The lowest BCUT2D eigenvalue weighted by Gasteiger charge is -2.54. The summed E-state index contributed by atoms with van der Waals surface area (Å²) < 4.78 is 5.85. The van der Waals surface area contributed by atoms with E-state index in [0.717, 1.165) is 32.7 Å². The van der Waals surface area contributed by atoms with Gasteiger partial charge in [0.2, 0.25) is 17.7 Å². The van der Waals surface area contributed by atoms with E-state index >= 15 is 0 Å². The number of amides is 3. The van der Waals surface area contributed by atoms with Gasteiger partial charge in [-0.3, -0.25) is 19.3 Å². The molecule has 0 aromatic heterocycles. The molecule has 6 nitrogen and oxygen atoms in total. The summed E-state index contributed by atoms with van der Waals surface area (Å²) in [7, 11) is 0. The summed E-state index contributed by atoms with van der Waals surface area (Å²) in [4.78, 5) is 39.3. The standard InChI is InChI=1S/C33H24Cl2N2O4/c1-19-10-14-21(15-11-19)41-22-16-12-20(13-17-22)36-27(38)18-37-30(39)28-29(31(37)40)33(35)24-7-3-2-6-23(24)32(28,34)25-8-4-5-9-26(25)33/h2-17,28-29H,18H2,1H3,(H,36,38)/t28-,29-,32?,33?/m1/s1. The highest BCUT2D eigenvalue weighted by Crippen LogP contribution is 2.69. The minimum atomic E-state index is -1.28. The van der Waals surface area contributed by atoms with Gasteiger partial charge in [0.1, 0.15) is 27.8 Å². The molecule has 0 unspecified atom stereocenters. The van der Waals surface area contributed by atoms with E-state index < -0.39 is 45.9 Å². The smallest absolute Gasteiger partial charge is 0.244 e. The lowest BCUT2D eigenvalue weighted by Crippen LogP contribution is -2.57. The van der Waals surface area contributed by atoms with E-state index in [0.29, 0.717) is 17.2 Å². The summed E-state index contributed by atoms with van der Waals surface area (Å²) >= 11 is 14.8. The van der Waals surface area contributed by atoms with Crippen LogP contribution in [-0.4, -0.2) is 29.2 Å². The molecule has 3 aliphatic carbocycles. The second kappa shape index (κ2) is 9.20. The van der Waals surface area contributed by atoms with Gasteiger partial charge in [-0.1, -0.05) is 66.2 Å². The zero-order valence-electron chi connectivity index (χ0n) is 21.9. The van der Waals surface area contributed by atoms with Crippen LogP contribution in [0.4, 0.5) is 5.69 Å². The van der Waals surface area contributed by atoms with Gasteiger partial charge in [-0.15, -0.1) is 23.2 Å². The van der Waals surface area contributed by atoms with E-state index in [2.05, 4.69) is 5.32 Å². The molecule has 4 aromatic rings. The van der Waals surface area contributed by atoms with E-state index in [-0.39, 0.29) is 0 Å². The molecule has 41 heavy (non-hydrogen) atoms. The largest absolute Gasteiger partial charge is 0.457 e. The minimum Gasteiger partial charge on any atom is -0.457 e. The fourth-order valence-electron chi connectivity index (χ4n) is 6.57. The SMILES string of the molecule is Cc1ccc(Oc2ccc(NC(=O)CN3C(=O)[C@H]4[C@H](C3=O)C3(Cl)c5ccccc5C4(Cl)c4ccccc43)cc2)cc1. The first-order chi connectivity index (χ1) is 19.7. The quantitative estimate of drug-likeness (QED) is 0.221. The molecule has 1 N–H and O–H groups in total. The molecule has 3 amide bonds. The van der Waals surface area contributed by atoms with Crippen molar-refractivity contribution >= 4 is 46.6 Å². The van der Waals surface area contributed by atoms with Crippen molar-refractivity contribution in [2.24, 2.45) is 11.8 Å². The third-order valence-electron chi connectivity index (χ3n) is 8.37. The van der Waals surface area contributed by atoms with Crippen molar-refractivity contribution in [3.05, 3.63) is 125 Å². The summed E-state index contributed by atoms with van der Waals surface area (Å²) in [5.41, 5.74) is 4.52. The Balaban J connectivity index is 1.14. The van der Waals surface area contributed by atoms with E-state index in [1.54, 1.807) is 24.3 Å². The van der Waals surface area contributed by atoms with Crippen LogP contribution >= 0.6 is 23.2 Å². The van der Waals surface area contributed by atoms with Gasteiger partial charge in [-0.2, -0.15) is 0 Å². The van der Waals surface area contributed by atoms with E-state index in [1.165, 1.54) is 0 Å². The Kier molecular flexibility index (Phi) is 5.79. The number of alkyl halides is 2. The van der Waals surface area contributed by atoms with Crippen LogP contribution in [0.1, 0.15) is 27.8 Å². The molecule has 1 aliphatic heterocycles. The van der Waals surface area contributed by atoms with Crippen molar-refractivity contribution in [3.63, 3.8) is 0 Å². The van der Waals surface area contributed by atoms with Crippen molar-refractivity contribution in [1.82, 2.24) is 4.90 Å². The van der Waals surface area contributed by atoms with Gasteiger partial charge < -0.3 is 10.1 Å². The van der Waals surface area contributed by atoms with Gasteiger partial charge >= 0.3 is 0 Å². The van der Waals surface area contributed by atoms with Crippen molar-refractivity contribution < 1.29 is 19.1 Å². The van der Waals surface area contributed by atoms with Crippen molar-refractivity contribution in [1.29, 1.82) is 0 Å². The number of nitrogens with one attached hydrogen (secondary N) is 1. The second-order valence-corrected chi connectivity index (χ2v) is 11.9. The number of likely N-dealkylation sites (tertiary alicyclic amines) is 1. The topological polar surface area (TPSA) is 75.7 Å². The van der Waals surface area contributed by atoms with Crippen LogP contribution in [-0.2, 0) is 24.1 Å². The molecule has 0 saturated carbocycles. The lowest BCUT2D eigenvalue weighted by molar-refractivity contribution is -0.142. The van der Waals surface area contributed by atoms with Gasteiger partial charge in [-0.25, -0.2) is 0 Å². The first-order valence-electron chi connectivity index (χ1n) is 13.3. The number of hydrogen-bond acceptors (Lipinski definition) is 4. The Hall–Kier alpha value is -4.13. The molecule has 4 aromatic carbocycles. The van der Waals surface area contributed by atoms with Crippen LogP contribution in [0, 0.1) is 18.8 Å². The number of ether oxygens (including phenoxy) is 1. The Morgan fingerprint density at radius 2 is 1.15 bits per heavy atom. The zero-order chi connectivity index (χ0) is 28.5. The average Bonchev–Trinajstić information content (AvgIpc) is 3.24. The van der Waals surface area contributed by atoms with E-state index in [9.17, 15) is 14.4 Å². The van der Waals surface area contributed by atoms with Gasteiger partial charge in [-0.05, 0) is 65.6 Å². The van der Waals surface area contributed by atoms with Crippen LogP contribution in [0.25, 0.3) is 0 Å². The Morgan fingerprint density at radius 1 is 0.732 bits per heavy atom. The highest BCUT2D eigenvalue weighted by atomic mass is 35.5. The number of carbonyl (C=O) groups is 3. The molecule has 8 heteroatoms. The van der Waals surface area contributed by atoms with Crippen LogP contribution in [0.5, 0.6) is 11.5 Å². The molecule has 1 heterocycles. The van der Waals surface area contributed by atoms with Crippen LogP contribution < -0.4 is 10.1 Å². The van der Waals surface area contributed by atoms with Crippen molar-refractivity contribution in [2.75, 3.05) is 11.9 Å². The van der Waals surface area contributed by atoms with Gasteiger partial charge in [0, 0.05) is 5.69 Å². The summed E-state index contributed by atoms with van der Waals surface area (Å²) in [6.07, 6.45) is 0. The number of hydrogen-bond donors (Lipinski definition) is 1. The Bertz CT molecular complexity index is 1610. The number of halogens is 2. The first kappa shape index (κ1) is 25.8. The Labute approximate surface area is 246 Å². The van der Waals surface area contributed by atoms with Crippen LogP contribution in [0.2, 0.25) is 0 Å². The first-order valence-corrected chi connectivity index (χ1v) is 14.1. The molecular weight excluding hydrogens is 559 g/mol. The number of benzene rings is 4. The molecule has 204 valence electrons. The molecule has 2 bridgehead atoms. The second-order valence-electron chi connectivity index (χ2n) is 10.7. The molecule has 4 aliphatic rings. The maximum absolute atomic E-state index is 13.9. The predicted molar refractivity (Wildman–Crippen MR) is 156 cm³/mol. The zero-order valence-corrected chi connectivity index (χ0v) is 23.4. The fraction of sp³-hybridized carbons (Fsp3) is 0.182. The molecule has 0 spiro atoms. The Morgan fingerprint density at radius 3 is 1.59 bits per heavy atom. The normalized spacial score (nSPS) is 25.4. The highest BCUT2D eigenvalue weighted by Gasteiger charge is 2.73. The van der Waals surface area contributed by atoms with Crippen molar-refractivity contribution in [3.8, 4) is 11.5 Å². The van der Waals surface area contributed by atoms with Gasteiger partial charge in [0.05, 0.1) is 11.8 Å². The van der Waals surface area contributed by atoms with Gasteiger partial charge in [0.25, 0.3) is 0 Å². The maximum Gasteiger partial charge on any atom is 0.244 e. The number of rotatable bonds is 5. The fourth-order valence-corrected chi connectivity index (χ4v) is 7.67. The van der Waals surface area contributed by atoms with E-state index in [1.807, 2.05) is 79.7 Å². The molecule has 2 atom stereocenters. The number of nitrogens with zero attached hydrogens (tertiary/aromatic N) is 1. The summed E-state index contributed by atoms with van der Waals surface area (Å²) in [5, 5.41) is 2.77. The van der Waals surface area contributed by atoms with Crippen molar-refractivity contribution in [2.45, 2.75) is 16.7 Å². The van der Waals surface area contributed by atoms with Crippen LogP contribution in [0.3, 0.4) is 0 Å². The van der Waals surface area contributed by atoms with Crippen LogP contribution in [0.15, 0.2) is 97.1 Å². The van der Waals surface area contributed by atoms with Gasteiger partial charge in [0.15, 0.2) is 0 Å². The minimum absolute atomic E-state index is 0.446. The third-order valence-corrected chi connectivity index (χ3v) is 9.66. The summed E-state index contributed by atoms with van der Waals surface area (Å²) in [5.74, 6) is -2.08. The van der Waals surface area contributed by atoms with E-state index in [4.69, 9.17) is 27.9 Å². The number of carbonyl (C=O) groups excluding carboxylic acids is 3. The summed E-state index contributed by atoms with van der Waals surface area (Å²) in [6, 6.07) is 29.4. The molecule has 0 radical (unpaired) electrons. The average molecular weight is 583 g/mol. The number of imide groups is 1. The molecule has 1 saturated heterocycles. The maximum atomic E-state index is 13.9. The number of aryl methyl sites for hydroxylation is 1. The highest BCUT2D eigenvalue weighted by molar-refractivity contribution is 6.36. The monoisotopic (exact) mass is 582 g/mol. The third kappa shape index (κ3) is 3.67.